The first-order valence-corrected chi connectivity index (χ1v) is 7.96. The fraction of sp³-hybridized carbons (Fsp3) is 0.400. The molecule has 0 saturated heterocycles. The fourth-order valence-electron chi connectivity index (χ4n) is 2.02. The molecule has 1 heterocycles. The van der Waals surface area contributed by atoms with Crippen molar-refractivity contribution in [1.29, 1.82) is 0 Å². The minimum Gasteiger partial charge on any atom is -0.357 e. The maximum Gasteiger partial charge on any atom is 0.194 e. The molecular weight excluding hydrogens is 471 g/mol. The summed E-state index contributed by atoms with van der Waals surface area (Å²) in [5.74, 6) is 1.69. The zero-order chi connectivity index (χ0) is 15.9. The second kappa shape index (κ2) is 9.86. The Morgan fingerprint density at radius 2 is 2.13 bits per heavy atom. The topological polar surface area (TPSA) is 58.3 Å². The molecule has 6 nitrogen and oxygen atoms in total. The van der Waals surface area contributed by atoms with E-state index < -0.39 is 0 Å². The van der Waals surface area contributed by atoms with E-state index >= 15 is 0 Å². The van der Waals surface area contributed by atoms with Crippen molar-refractivity contribution in [3.8, 4) is 0 Å². The normalized spacial score (nSPS) is 11.0. The minimum absolute atomic E-state index is 0. The van der Waals surface area contributed by atoms with E-state index in [-0.39, 0.29) is 24.0 Å². The van der Waals surface area contributed by atoms with Crippen molar-refractivity contribution < 1.29 is 0 Å². The first-order valence-electron chi connectivity index (χ1n) is 7.17. The standard InChI is InChI=1S/C15H21BrN6.HI/c1-4-17-15(18-9-14-20-19-11-22(14)3)21(2)10-12-7-5-6-8-13(12)16;/h5-8,11H,4,9-10H2,1-3H3,(H,17,18);1H. The van der Waals surface area contributed by atoms with E-state index in [2.05, 4.69) is 54.3 Å². The molecule has 2 rings (SSSR count). The molecule has 0 aliphatic rings. The van der Waals surface area contributed by atoms with Crippen LogP contribution < -0.4 is 5.32 Å². The van der Waals surface area contributed by atoms with Crippen LogP contribution in [-0.4, -0.2) is 39.2 Å². The van der Waals surface area contributed by atoms with Crippen LogP contribution in [-0.2, 0) is 20.1 Å². The van der Waals surface area contributed by atoms with Crippen molar-refractivity contribution in [2.24, 2.45) is 12.0 Å². The molecule has 0 amide bonds. The summed E-state index contributed by atoms with van der Waals surface area (Å²) in [4.78, 5) is 6.73. The SMILES string of the molecule is CCNC(=NCc1nncn1C)N(C)Cc1ccccc1Br.I. The first kappa shape index (κ1) is 19.9. The van der Waals surface area contributed by atoms with Crippen molar-refractivity contribution in [3.63, 3.8) is 0 Å². The molecule has 1 aromatic carbocycles. The van der Waals surface area contributed by atoms with Crippen LogP contribution in [0.2, 0.25) is 0 Å². The monoisotopic (exact) mass is 492 g/mol. The average Bonchev–Trinajstić information content (AvgIpc) is 2.91. The van der Waals surface area contributed by atoms with Crippen LogP contribution in [0.3, 0.4) is 0 Å². The van der Waals surface area contributed by atoms with E-state index in [1.807, 2.05) is 36.9 Å². The summed E-state index contributed by atoms with van der Waals surface area (Å²) < 4.78 is 2.98. The van der Waals surface area contributed by atoms with Gasteiger partial charge in [-0.1, -0.05) is 34.1 Å². The second-order valence-corrected chi connectivity index (χ2v) is 5.83. The van der Waals surface area contributed by atoms with Gasteiger partial charge in [-0.2, -0.15) is 0 Å². The van der Waals surface area contributed by atoms with Gasteiger partial charge in [-0.3, -0.25) is 0 Å². The number of guanidine groups is 1. The molecule has 0 aliphatic carbocycles. The predicted molar refractivity (Wildman–Crippen MR) is 107 cm³/mol. The highest BCUT2D eigenvalue weighted by Crippen LogP contribution is 2.17. The predicted octanol–water partition coefficient (Wildman–Crippen LogP) is 2.79. The van der Waals surface area contributed by atoms with Gasteiger partial charge in [-0.25, -0.2) is 4.99 Å². The van der Waals surface area contributed by atoms with Gasteiger partial charge < -0.3 is 14.8 Å². The van der Waals surface area contributed by atoms with Gasteiger partial charge in [0.05, 0.1) is 0 Å². The summed E-state index contributed by atoms with van der Waals surface area (Å²) in [6, 6.07) is 8.21. The number of aromatic nitrogens is 3. The largest absolute Gasteiger partial charge is 0.357 e. The molecule has 0 unspecified atom stereocenters. The molecule has 23 heavy (non-hydrogen) atoms. The van der Waals surface area contributed by atoms with Gasteiger partial charge in [0.2, 0.25) is 0 Å². The number of halogens is 2. The summed E-state index contributed by atoms with van der Waals surface area (Å²) >= 11 is 3.58. The molecule has 0 aliphatic heterocycles. The van der Waals surface area contributed by atoms with Crippen molar-refractivity contribution in [2.45, 2.75) is 20.0 Å². The fourth-order valence-corrected chi connectivity index (χ4v) is 2.43. The molecule has 0 atom stereocenters. The molecular formula is C15H22BrIN6. The highest BCUT2D eigenvalue weighted by Gasteiger charge is 2.09. The van der Waals surface area contributed by atoms with Crippen LogP contribution in [0.5, 0.6) is 0 Å². The van der Waals surface area contributed by atoms with E-state index in [0.717, 1.165) is 29.3 Å². The Balaban J connectivity index is 0.00000264. The molecule has 8 heteroatoms. The van der Waals surface area contributed by atoms with Crippen LogP contribution >= 0.6 is 39.9 Å². The van der Waals surface area contributed by atoms with Crippen molar-refractivity contribution >= 4 is 45.9 Å². The number of nitrogens with one attached hydrogen (secondary N) is 1. The van der Waals surface area contributed by atoms with Crippen molar-refractivity contribution in [2.75, 3.05) is 13.6 Å². The minimum atomic E-state index is 0. The number of aliphatic imine (C=N–C) groups is 1. The molecule has 0 spiro atoms. The summed E-state index contributed by atoms with van der Waals surface area (Å²) in [7, 11) is 3.94. The number of hydrogen-bond donors (Lipinski definition) is 1. The maximum atomic E-state index is 4.64. The van der Waals surface area contributed by atoms with Crippen LogP contribution in [0.15, 0.2) is 40.1 Å². The first-order chi connectivity index (χ1) is 10.6. The van der Waals surface area contributed by atoms with Gasteiger partial charge in [0.15, 0.2) is 11.8 Å². The van der Waals surface area contributed by atoms with Gasteiger partial charge in [-0.05, 0) is 18.6 Å². The van der Waals surface area contributed by atoms with Crippen molar-refractivity contribution in [3.05, 3.63) is 46.5 Å². The quantitative estimate of drug-likeness (QED) is 0.396. The second-order valence-electron chi connectivity index (χ2n) is 4.98. The third-order valence-corrected chi connectivity index (χ3v) is 4.01. The number of nitrogens with zero attached hydrogens (tertiary/aromatic N) is 5. The zero-order valence-electron chi connectivity index (χ0n) is 13.5. The zero-order valence-corrected chi connectivity index (χ0v) is 17.4. The van der Waals surface area contributed by atoms with Gasteiger partial charge in [0.25, 0.3) is 0 Å². The van der Waals surface area contributed by atoms with Crippen LogP contribution in [0, 0.1) is 0 Å². The lowest BCUT2D eigenvalue weighted by atomic mass is 10.2. The molecule has 0 radical (unpaired) electrons. The summed E-state index contributed by atoms with van der Waals surface area (Å²) in [5.41, 5.74) is 1.22. The van der Waals surface area contributed by atoms with Gasteiger partial charge in [0, 0.05) is 31.7 Å². The third kappa shape index (κ3) is 5.76. The number of benzene rings is 1. The Labute approximate surface area is 162 Å². The van der Waals surface area contributed by atoms with Gasteiger partial charge in [0.1, 0.15) is 12.9 Å². The van der Waals surface area contributed by atoms with E-state index in [0.29, 0.717) is 6.54 Å². The lowest BCUT2D eigenvalue weighted by molar-refractivity contribution is 0.475. The Bertz CT molecular complexity index is 642. The molecule has 0 bridgehead atoms. The van der Waals surface area contributed by atoms with Crippen molar-refractivity contribution in [1.82, 2.24) is 25.0 Å². The van der Waals surface area contributed by atoms with E-state index in [1.54, 1.807) is 6.33 Å². The Kier molecular flexibility index (Phi) is 8.53. The Morgan fingerprint density at radius 3 is 2.74 bits per heavy atom. The van der Waals surface area contributed by atoms with Crippen LogP contribution in [0.1, 0.15) is 18.3 Å². The molecule has 0 fully saturated rings. The molecule has 1 aromatic heterocycles. The summed E-state index contributed by atoms with van der Waals surface area (Å²) in [6.45, 7) is 4.15. The molecule has 1 N–H and O–H groups in total. The van der Waals surface area contributed by atoms with E-state index in [4.69, 9.17) is 0 Å². The van der Waals surface area contributed by atoms with E-state index in [1.165, 1.54) is 5.56 Å². The van der Waals surface area contributed by atoms with Gasteiger partial charge in [-0.15, -0.1) is 34.2 Å². The highest BCUT2D eigenvalue weighted by molar-refractivity contribution is 14.0. The summed E-state index contributed by atoms with van der Waals surface area (Å²) in [6.07, 6.45) is 1.68. The smallest absolute Gasteiger partial charge is 0.194 e. The maximum absolute atomic E-state index is 4.64. The molecule has 126 valence electrons. The van der Waals surface area contributed by atoms with E-state index in [9.17, 15) is 0 Å². The molecule has 2 aromatic rings. The Morgan fingerprint density at radius 1 is 1.39 bits per heavy atom. The molecule has 0 saturated carbocycles. The third-order valence-electron chi connectivity index (χ3n) is 3.24. The Hall–Kier alpha value is -1.16. The number of aryl methyl sites for hydroxylation is 1. The van der Waals surface area contributed by atoms with Gasteiger partial charge >= 0.3 is 0 Å². The average molecular weight is 493 g/mol. The highest BCUT2D eigenvalue weighted by atomic mass is 127. The van der Waals surface area contributed by atoms with Crippen LogP contribution in [0.4, 0.5) is 0 Å². The number of rotatable bonds is 5. The number of hydrogen-bond acceptors (Lipinski definition) is 3. The lowest BCUT2D eigenvalue weighted by Crippen LogP contribution is -2.38. The van der Waals surface area contributed by atoms with Crippen LogP contribution in [0.25, 0.3) is 0 Å². The lowest BCUT2D eigenvalue weighted by Gasteiger charge is -2.22. The summed E-state index contributed by atoms with van der Waals surface area (Å²) in [5, 5.41) is 11.2.